The number of hydrogen-bond acceptors (Lipinski definition) is 3. The van der Waals surface area contributed by atoms with Crippen molar-refractivity contribution in [1.29, 1.82) is 5.26 Å². The van der Waals surface area contributed by atoms with Gasteiger partial charge in [0.15, 0.2) is 0 Å². The van der Waals surface area contributed by atoms with Crippen LogP contribution in [-0.2, 0) is 0 Å². The van der Waals surface area contributed by atoms with Gasteiger partial charge in [0.25, 0.3) is 0 Å². The van der Waals surface area contributed by atoms with Crippen LogP contribution < -0.4 is 0 Å². The highest BCUT2D eigenvalue weighted by Crippen LogP contribution is 2.37. The van der Waals surface area contributed by atoms with E-state index in [1.54, 1.807) is 11.3 Å². The molecule has 15 heavy (non-hydrogen) atoms. The number of rotatable bonds is 3. The first-order valence-electron chi connectivity index (χ1n) is 5.18. The summed E-state index contributed by atoms with van der Waals surface area (Å²) in [6.45, 7) is 4.50. The van der Waals surface area contributed by atoms with Gasteiger partial charge in [-0.15, -0.1) is 22.7 Å². The molecule has 2 aromatic heterocycles. The first-order valence-corrected chi connectivity index (χ1v) is 6.81. The van der Waals surface area contributed by atoms with Gasteiger partial charge in [-0.25, -0.2) is 0 Å². The van der Waals surface area contributed by atoms with Crippen LogP contribution in [0.3, 0.4) is 0 Å². The smallest absolute Gasteiger partial charge is 0.110 e. The van der Waals surface area contributed by atoms with Crippen molar-refractivity contribution in [2.45, 2.75) is 32.6 Å². The van der Waals surface area contributed by atoms with Crippen LogP contribution >= 0.6 is 22.7 Å². The van der Waals surface area contributed by atoms with Gasteiger partial charge in [0.2, 0.25) is 0 Å². The van der Waals surface area contributed by atoms with Crippen molar-refractivity contribution in [1.82, 2.24) is 0 Å². The van der Waals surface area contributed by atoms with Crippen LogP contribution in [0.4, 0.5) is 0 Å². The van der Waals surface area contributed by atoms with Crippen molar-refractivity contribution in [2.24, 2.45) is 0 Å². The molecule has 1 atom stereocenters. The average molecular weight is 235 g/mol. The predicted octanol–water partition coefficient (Wildman–Crippen LogP) is 4.74. The molecule has 0 radical (unpaired) electrons. The van der Waals surface area contributed by atoms with Gasteiger partial charge < -0.3 is 0 Å². The number of nitrogens with zero attached hydrogens (tertiary/aromatic N) is 1. The maximum atomic E-state index is 8.78. The molecule has 0 spiro atoms. The number of nitriles is 1. The van der Waals surface area contributed by atoms with Crippen LogP contribution in [-0.4, -0.2) is 0 Å². The van der Waals surface area contributed by atoms with Gasteiger partial charge >= 0.3 is 0 Å². The van der Waals surface area contributed by atoms with Gasteiger partial charge in [-0.3, -0.25) is 0 Å². The second-order valence-electron chi connectivity index (χ2n) is 3.79. The fourth-order valence-electron chi connectivity index (χ4n) is 1.73. The first-order chi connectivity index (χ1) is 7.24. The Labute approximate surface area is 98.0 Å². The summed E-state index contributed by atoms with van der Waals surface area (Å²) in [7, 11) is 0. The summed E-state index contributed by atoms with van der Waals surface area (Å²) in [5.41, 5.74) is 0. The highest BCUT2D eigenvalue weighted by Gasteiger charge is 2.11. The summed E-state index contributed by atoms with van der Waals surface area (Å²) in [6, 6.07) is 6.46. The van der Waals surface area contributed by atoms with E-state index in [1.807, 2.05) is 17.4 Å². The van der Waals surface area contributed by atoms with Crippen LogP contribution in [0.25, 0.3) is 9.40 Å². The Bertz CT molecular complexity index is 470. The maximum Gasteiger partial charge on any atom is 0.110 e. The molecule has 0 saturated heterocycles. The minimum Gasteiger partial charge on any atom is -0.192 e. The molecule has 0 saturated carbocycles. The van der Waals surface area contributed by atoms with Crippen molar-refractivity contribution in [2.75, 3.05) is 0 Å². The third-order valence-electron chi connectivity index (χ3n) is 2.54. The normalized spacial score (nSPS) is 12.9. The molecule has 1 nitrogen and oxygen atoms in total. The molecule has 0 N–H and O–H groups in total. The van der Waals surface area contributed by atoms with E-state index in [0.29, 0.717) is 5.92 Å². The van der Waals surface area contributed by atoms with Crippen molar-refractivity contribution < 1.29 is 0 Å². The van der Waals surface area contributed by atoms with Crippen molar-refractivity contribution in [3.05, 3.63) is 21.9 Å². The fraction of sp³-hybridized carbons (Fsp3) is 0.417. The van der Waals surface area contributed by atoms with E-state index >= 15 is 0 Å². The molecule has 2 aromatic rings. The lowest BCUT2D eigenvalue weighted by atomic mass is 10.1. The third-order valence-corrected chi connectivity index (χ3v) is 4.97. The van der Waals surface area contributed by atoms with E-state index in [4.69, 9.17) is 5.26 Å². The molecule has 0 amide bonds. The fourth-order valence-corrected chi connectivity index (χ4v) is 4.02. The zero-order chi connectivity index (χ0) is 10.8. The average Bonchev–Trinajstić information content (AvgIpc) is 2.74. The molecule has 0 aliphatic heterocycles. The SMILES string of the molecule is CCCC(C)c1cc2sc(C#N)cc2s1. The Balaban J connectivity index is 2.33. The van der Waals surface area contributed by atoms with Crippen molar-refractivity contribution in [3.63, 3.8) is 0 Å². The highest BCUT2D eigenvalue weighted by atomic mass is 32.1. The molecule has 2 heterocycles. The van der Waals surface area contributed by atoms with Gasteiger partial charge in [0.1, 0.15) is 10.9 Å². The summed E-state index contributed by atoms with van der Waals surface area (Å²) in [5.74, 6) is 0.658. The van der Waals surface area contributed by atoms with Crippen LogP contribution in [0, 0.1) is 11.3 Å². The summed E-state index contributed by atoms with van der Waals surface area (Å²) in [6.07, 6.45) is 2.48. The monoisotopic (exact) mass is 235 g/mol. The molecule has 1 unspecified atom stereocenters. The minimum absolute atomic E-state index is 0.658. The van der Waals surface area contributed by atoms with E-state index in [-0.39, 0.29) is 0 Å². The van der Waals surface area contributed by atoms with Gasteiger partial charge in [-0.1, -0.05) is 20.3 Å². The van der Waals surface area contributed by atoms with Gasteiger partial charge in [-0.2, -0.15) is 5.26 Å². The van der Waals surface area contributed by atoms with Gasteiger partial charge in [0.05, 0.1) is 0 Å². The number of hydrogen-bond donors (Lipinski definition) is 0. The number of thiophene rings is 2. The summed E-state index contributed by atoms with van der Waals surface area (Å²) >= 11 is 3.44. The predicted molar refractivity (Wildman–Crippen MR) is 67.7 cm³/mol. The summed E-state index contributed by atoms with van der Waals surface area (Å²) < 4.78 is 2.55. The molecule has 3 heteroatoms. The van der Waals surface area contributed by atoms with Crippen LogP contribution in [0.2, 0.25) is 0 Å². The van der Waals surface area contributed by atoms with Crippen molar-refractivity contribution >= 4 is 32.1 Å². The zero-order valence-corrected chi connectivity index (χ0v) is 10.5. The quantitative estimate of drug-likeness (QED) is 0.754. The topological polar surface area (TPSA) is 23.8 Å². The van der Waals surface area contributed by atoms with Gasteiger partial charge in [-0.05, 0) is 24.5 Å². The lowest BCUT2D eigenvalue weighted by molar-refractivity contribution is 0.675. The Morgan fingerprint density at radius 1 is 1.33 bits per heavy atom. The lowest BCUT2D eigenvalue weighted by Gasteiger charge is -2.05. The Morgan fingerprint density at radius 3 is 2.67 bits per heavy atom. The summed E-state index contributed by atoms with van der Waals surface area (Å²) in [4.78, 5) is 2.29. The van der Waals surface area contributed by atoms with E-state index in [1.165, 1.54) is 27.1 Å². The molecular formula is C12H13NS2. The molecule has 0 aliphatic carbocycles. The lowest BCUT2D eigenvalue weighted by Crippen LogP contribution is -1.87. The van der Waals surface area contributed by atoms with Crippen LogP contribution in [0.5, 0.6) is 0 Å². The first kappa shape index (κ1) is 10.7. The van der Waals surface area contributed by atoms with E-state index < -0.39 is 0 Å². The molecule has 0 bridgehead atoms. The molecular weight excluding hydrogens is 222 g/mol. The van der Waals surface area contributed by atoms with Crippen molar-refractivity contribution in [3.8, 4) is 6.07 Å². The standard InChI is InChI=1S/C12H13NS2/c1-3-4-8(2)10-6-12-11(15-10)5-9(7-13)14-12/h5-6,8H,3-4H2,1-2H3. The molecule has 78 valence electrons. The second kappa shape index (κ2) is 4.34. The van der Waals surface area contributed by atoms with Crippen LogP contribution in [0.15, 0.2) is 12.1 Å². The largest absolute Gasteiger partial charge is 0.192 e. The molecule has 2 rings (SSSR count). The molecule has 0 aromatic carbocycles. The second-order valence-corrected chi connectivity index (χ2v) is 5.99. The van der Waals surface area contributed by atoms with Crippen LogP contribution in [0.1, 0.15) is 42.4 Å². The highest BCUT2D eigenvalue weighted by molar-refractivity contribution is 7.28. The van der Waals surface area contributed by atoms with E-state index in [0.717, 1.165) is 4.88 Å². The molecule has 0 aliphatic rings. The maximum absolute atomic E-state index is 8.78. The molecule has 0 fully saturated rings. The zero-order valence-electron chi connectivity index (χ0n) is 8.91. The Morgan fingerprint density at radius 2 is 2.07 bits per heavy atom. The summed E-state index contributed by atoms with van der Waals surface area (Å²) in [5, 5.41) is 8.78. The third kappa shape index (κ3) is 2.06. The van der Waals surface area contributed by atoms with E-state index in [2.05, 4.69) is 26.0 Å². The Hall–Kier alpha value is -0.850. The Kier molecular flexibility index (Phi) is 3.08. The minimum atomic E-state index is 0.658. The van der Waals surface area contributed by atoms with Gasteiger partial charge in [0, 0.05) is 14.3 Å². The van der Waals surface area contributed by atoms with E-state index in [9.17, 15) is 0 Å². The number of fused-ring (bicyclic) bond motifs is 1.